The topological polar surface area (TPSA) is 41.4 Å². The fourth-order valence-corrected chi connectivity index (χ4v) is 3.54. The summed E-state index contributed by atoms with van der Waals surface area (Å²) >= 11 is 0. The Kier molecular flexibility index (Phi) is 5.53. The maximum Gasteiger partial charge on any atom is 0.274 e. The van der Waals surface area contributed by atoms with Gasteiger partial charge in [-0.3, -0.25) is 14.4 Å². The molecule has 0 spiro atoms. The Bertz CT molecular complexity index is 690. The van der Waals surface area contributed by atoms with Crippen molar-refractivity contribution in [3.8, 4) is 0 Å². The van der Waals surface area contributed by atoms with Gasteiger partial charge in [0.2, 0.25) is 0 Å². The summed E-state index contributed by atoms with van der Waals surface area (Å²) in [5.41, 5.74) is 2.92. The molecule has 1 aromatic heterocycles. The van der Waals surface area contributed by atoms with Gasteiger partial charge in [-0.2, -0.15) is 5.10 Å². The third kappa shape index (κ3) is 4.28. The summed E-state index contributed by atoms with van der Waals surface area (Å²) in [6.07, 6.45) is 1.15. The van der Waals surface area contributed by atoms with Gasteiger partial charge in [0.05, 0.1) is 0 Å². The standard InChI is InChI=1S/C20H28N4O/c1-4-24(20(25)19-12-16(2)22(3)21-19)15-18-10-11-23(14-18)13-17-8-6-5-7-9-17/h5-9,12,18H,4,10-11,13-15H2,1-3H3/t18-/m1/s1. The normalized spacial score (nSPS) is 17.8. The van der Waals surface area contributed by atoms with Crippen molar-refractivity contribution in [3.05, 3.63) is 53.3 Å². The van der Waals surface area contributed by atoms with Crippen molar-refractivity contribution in [2.24, 2.45) is 13.0 Å². The summed E-state index contributed by atoms with van der Waals surface area (Å²) in [6.45, 7) is 8.72. The molecule has 0 N–H and O–H groups in total. The summed E-state index contributed by atoms with van der Waals surface area (Å²) in [6, 6.07) is 12.5. The number of carbonyl (C=O) groups excluding carboxylic acids is 1. The molecule has 1 aromatic carbocycles. The lowest BCUT2D eigenvalue weighted by atomic mass is 10.1. The molecule has 2 heterocycles. The van der Waals surface area contributed by atoms with E-state index in [1.54, 1.807) is 4.68 Å². The number of aryl methyl sites for hydroxylation is 2. The molecule has 1 saturated heterocycles. The fourth-order valence-electron chi connectivity index (χ4n) is 3.54. The monoisotopic (exact) mass is 340 g/mol. The first-order valence-corrected chi connectivity index (χ1v) is 9.13. The van der Waals surface area contributed by atoms with Crippen LogP contribution in [-0.4, -0.2) is 51.7 Å². The molecule has 0 radical (unpaired) electrons. The Hall–Kier alpha value is -2.14. The van der Waals surface area contributed by atoms with Crippen LogP contribution in [0.1, 0.15) is 35.1 Å². The Balaban J connectivity index is 1.56. The zero-order chi connectivity index (χ0) is 17.8. The van der Waals surface area contributed by atoms with Gasteiger partial charge in [0.15, 0.2) is 5.69 Å². The highest BCUT2D eigenvalue weighted by Gasteiger charge is 2.27. The van der Waals surface area contributed by atoms with Crippen LogP contribution in [0, 0.1) is 12.8 Å². The number of hydrogen-bond acceptors (Lipinski definition) is 3. The van der Waals surface area contributed by atoms with Crippen LogP contribution in [0.4, 0.5) is 0 Å². The second-order valence-corrected chi connectivity index (χ2v) is 7.01. The molecule has 0 bridgehead atoms. The molecule has 0 saturated carbocycles. The van der Waals surface area contributed by atoms with Gasteiger partial charge >= 0.3 is 0 Å². The quantitative estimate of drug-likeness (QED) is 0.812. The lowest BCUT2D eigenvalue weighted by Gasteiger charge is -2.24. The second-order valence-electron chi connectivity index (χ2n) is 7.01. The average molecular weight is 340 g/mol. The molecule has 25 heavy (non-hydrogen) atoms. The Morgan fingerprint density at radius 3 is 2.72 bits per heavy atom. The van der Waals surface area contributed by atoms with Crippen LogP contribution < -0.4 is 0 Å². The molecule has 5 nitrogen and oxygen atoms in total. The minimum atomic E-state index is 0.0488. The number of nitrogens with zero attached hydrogens (tertiary/aromatic N) is 4. The van der Waals surface area contributed by atoms with E-state index in [9.17, 15) is 4.79 Å². The van der Waals surface area contributed by atoms with Crippen molar-refractivity contribution < 1.29 is 4.79 Å². The van der Waals surface area contributed by atoms with E-state index in [-0.39, 0.29) is 5.91 Å². The van der Waals surface area contributed by atoms with Gasteiger partial charge in [-0.15, -0.1) is 0 Å². The molecule has 5 heteroatoms. The van der Waals surface area contributed by atoms with Gasteiger partial charge in [0, 0.05) is 38.9 Å². The zero-order valence-electron chi connectivity index (χ0n) is 15.5. The van der Waals surface area contributed by atoms with Gasteiger partial charge < -0.3 is 4.90 Å². The van der Waals surface area contributed by atoms with Crippen molar-refractivity contribution in [1.82, 2.24) is 19.6 Å². The van der Waals surface area contributed by atoms with E-state index in [4.69, 9.17) is 0 Å². The molecule has 0 aliphatic carbocycles. The van der Waals surface area contributed by atoms with Crippen LogP contribution in [0.2, 0.25) is 0 Å². The van der Waals surface area contributed by atoms with Gasteiger partial charge in [-0.25, -0.2) is 0 Å². The molecule has 1 aliphatic rings. The van der Waals surface area contributed by atoms with Crippen LogP contribution in [-0.2, 0) is 13.6 Å². The minimum absolute atomic E-state index is 0.0488. The van der Waals surface area contributed by atoms with E-state index in [0.717, 1.165) is 44.8 Å². The average Bonchev–Trinajstić information content (AvgIpc) is 3.19. The minimum Gasteiger partial charge on any atom is -0.337 e. The summed E-state index contributed by atoms with van der Waals surface area (Å²) in [7, 11) is 1.88. The Morgan fingerprint density at radius 1 is 1.32 bits per heavy atom. The number of carbonyl (C=O) groups is 1. The summed E-state index contributed by atoms with van der Waals surface area (Å²) in [5, 5.41) is 4.34. The molecule has 1 fully saturated rings. The van der Waals surface area contributed by atoms with E-state index < -0.39 is 0 Å². The predicted molar refractivity (Wildman–Crippen MR) is 99.3 cm³/mol. The second kappa shape index (κ2) is 7.83. The van der Waals surface area contributed by atoms with Gasteiger partial charge in [0.25, 0.3) is 5.91 Å². The predicted octanol–water partition coefficient (Wildman–Crippen LogP) is 2.71. The first-order valence-electron chi connectivity index (χ1n) is 9.13. The molecule has 1 amide bonds. The Labute approximate surface area is 150 Å². The van der Waals surface area contributed by atoms with Crippen LogP contribution in [0.5, 0.6) is 0 Å². The number of hydrogen-bond donors (Lipinski definition) is 0. The lowest BCUT2D eigenvalue weighted by molar-refractivity contribution is 0.0732. The third-order valence-corrected chi connectivity index (χ3v) is 5.10. The summed E-state index contributed by atoms with van der Waals surface area (Å²) in [5.74, 6) is 0.588. The van der Waals surface area contributed by atoms with Gasteiger partial charge in [-0.1, -0.05) is 30.3 Å². The van der Waals surface area contributed by atoms with Crippen LogP contribution in [0.3, 0.4) is 0 Å². The molecule has 1 atom stereocenters. The first-order chi connectivity index (χ1) is 12.1. The fraction of sp³-hybridized carbons (Fsp3) is 0.500. The SMILES string of the molecule is CCN(C[C@@H]1CCN(Cc2ccccc2)C1)C(=O)c1cc(C)n(C)n1. The van der Waals surface area contributed by atoms with Crippen LogP contribution in [0.15, 0.2) is 36.4 Å². The highest BCUT2D eigenvalue weighted by Crippen LogP contribution is 2.20. The molecular weight excluding hydrogens is 312 g/mol. The number of likely N-dealkylation sites (tertiary alicyclic amines) is 1. The maximum atomic E-state index is 12.7. The first kappa shape index (κ1) is 17.7. The molecule has 3 rings (SSSR count). The van der Waals surface area contributed by atoms with Crippen molar-refractivity contribution in [2.75, 3.05) is 26.2 Å². The van der Waals surface area contributed by atoms with E-state index in [1.807, 2.05) is 31.9 Å². The summed E-state index contributed by atoms with van der Waals surface area (Å²) in [4.78, 5) is 17.2. The smallest absolute Gasteiger partial charge is 0.274 e. The largest absolute Gasteiger partial charge is 0.337 e. The van der Waals surface area contributed by atoms with E-state index >= 15 is 0 Å². The Morgan fingerprint density at radius 2 is 2.08 bits per heavy atom. The maximum absolute atomic E-state index is 12.7. The molecular formula is C20H28N4O. The van der Waals surface area contributed by atoms with Crippen molar-refractivity contribution in [1.29, 1.82) is 0 Å². The molecule has 1 aliphatic heterocycles. The van der Waals surface area contributed by atoms with Crippen molar-refractivity contribution in [3.63, 3.8) is 0 Å². The highest BCUT2D eigenvalue weighted by molar-refractivity contribution is 5.92. The van der Waals surface area contributed by atoms with E-state index in [2.05, 4.69) is 40.3 Å². The van der Waals surface area contributed by atoms with Crippen LogP contribution in [0.25, 0.3) is 0 Å². The molecule has 134 valence electrons. The van der Waals surface area contributed by atoms with Gasteiger partial charge in [-0.05, 0) is 44.4 Å². The van der Waals surface area contributed by atoms with Gasteiger partial charge in [0.1, 0.15) is 0 Å². The number of benzene rings is 1. The summed E-state index contributed by atoms with van der Waals surface area (Å²) < 4.78 is 1.76. The molecule has 2 aromatic rings. The third-order valence-electron chi connectivity index (χ3n) is 5.10. The number of rotatable bonds is 6. The number of amides is 1. The van der Waals surface area contributed by atoms with E-state index in [1.165, 1.54) is 5.56 Å². The van der Waals surface area contributed by atoms with Crippen molar-refractivity contribution in [2.45, 2.75) is 26.8 Å². The van der Waals surface area contributed by atoms with E-state index in [0.29, 0.717) is 11.6 Å². The van der Waals surface area contributed by atoms with Crippen LogP contribution >= 0.6 is 0 Å². The van der Waals surface area contributed by atoms with Crippen molar-refractivity contribution >= 4 is 5.91 Å². The molecule has 0 unspecified atom stereocenters. The lowest BCUT2D eigenvalue weighted by Crippen LogP contribution is -2.36. The number of aromatic nitrogens is 2. The zero-order valence-corrected chi connectivity index (χ0v) is 15.5. The highest BCUT2D eigenvalue weighted by atomic mass is 16.2.